The van der Waals surface area contributed by atoms with Gasteiger partial charge in [0, 0.05) is 18.0 Å². The van der Waals surface area contributed by atoms with Crippen LogP contribution in [0, 0.1) is 29.4 Å². The van der Waals surface area contributed by atoms with Crippen molar-refractivity contribution in [3.05, 3.63) is 94.0 Å². The molecule has 1 N–H and O–H groups in total. The Hall–Kier alpha value is -3.50. The number of halogens is 3. The number of hydrogen-bond donors (Lipinski definition) is 1. The van der Waals surface area contributed by atoms with Gasteiger partial charge in [0.2, 0.25) is 5.91 Å². The van der Waals surface area contributed by atoms with E-state index in [0.29, 0.717) is 43.4 Å². The van der Waals surface area contributed by atoms with E-state index < -0.39 is 50.1 Å². The van der Waals surface area contributed by atoms with E-state index in [4.69, 9.17) is 16.3 Å². The van der Waals surface area contributed by atoms with Gasteiger partial charge >= 0.3 is 5.97 Å². The first-order valence-corrected chi connectivity index (χ1v) is 17.0. The highest BCUT2D eigenvalue weighted by Gasteiger charge is 2.61. The topological polar surface area (TPSA) is 101 Å². The first-order chi connectivity index (χ1) is 21.4. The number of amides is 1. The zero-order valence-corrected chi connectivity index (χ0v) is 26.3. The van der Waals surface area contributed by atoms with Gasteiger partial charge < -0.3 is 14.7 Å². The van der Waals surface area contributed by atoms with Crippen LogP contribution in [0.2, 0.25) is 5.02 Å². The van der Waals surface area contributed by atoms with Gasteiger partial charge in [-0.05, 0) is 104 Å². The molecular formula is C34H34ClF2NO6S. The second-order valence-corrected chi connectivity index (χ2v) is 15.0. The Morgan fingerprint density at radius 2 is 1.82 bits per heavy atom. The molecule has 1 amide bonds. The van der Waals surface area contributed by atoms with Crippen molar-refractivity contribution in [3.63, 3.8) is 0 Å². The molecule has 1 saturated carbocycles. The molecule has 6 rings (SSSR count). The maximum absolute atomic E-state index is 14.6. The normalized spacial score (nSPS) is 26.2. The van der Waals surface area contributed by atoms with E-state index in [1.165, 1.54) is 24.3 Å². The predicted molar refractivity (Wildman–Crippen MR) is 164 cm³/mol. The lowest BCUT2D eigenvalue weighted by atomic mass is 9.74. The molecule has 5 atom stereocenters. The third-order valence-electron chi connectivity index (χ3n) is 10.0. The fourth-order valence-corrected chi connectivity index (χ4v) is 10.3. The molecule has 2 aliphatic carbocycles. The van der Waals surface area contributed by atoms with Gasteiger partial charge in [-0.1, -0.05) is 30.7 Å². The molecule has 3 aliphatic rings. The predicted octanol–water partition coefficient (Wildman–Crippen LogP) is 6.55. The molecule has 3 aromatic rings. The summed E-state index contributed by atoms with van der Waals surface area (Å²) in [4.78, 5) is 27.4. The smallest absolute Gasteiger partial charge is 0.306 e. The second-order valence-electron chi connectivity index (χ2n) is 12.4. The molecule has 7 nitrogen and oxygen atoms in total. The molecule has 0 unspecified atom stereocenters. The Morgan fingerprint density at radius 3 is 2.51 bits per heavy atom. The lowest BCUT2D eigenvalue weighted by Crippen LogP contribution is -2.53. The van der Waals surface area contributed by atoms with Gasteiger partial charge in [0.15, 0.2) is 9.84 Å². The number of carboxylic acids is 1. The number of carbonyl (C=O) groups is 2. The van der Waals surface area contributed by atoms with Crippen LogP contribution >= 0.6 is 11.6 Å². The van der Waals surface area contributed by atoms with Crippen LogP contribution in [0.4, 0.5) is 8.78 Å². The number of carboxylic acid groups (broad SMARTS) is 1. The first kappa shape index (κ1) is 31.5. The molecule has 45 heavy (non-hydrogen) atoms. The highest BCUT2D eigenvalue weighted by Crippen LogP contribution is 2.54. The number of nitrogens with zero attached hydrogens (tertiary/aromatic N) is 1. The number of benzene rings is 3. The Bertz CT molecular complexity index is 1730. The lowest BCUT2D eigenvalue weighted by Gasteiger charge is -2.44. The van der Waals surface area contributed by atoms with E-state index in [1.807, 2.05) is 6.92 Å². The number of aryl methyl sites for hydroxylation is 1. The van der Waals surface area contributed by atoms with Crippen LogP contribution in [0.3, 0.4) is 0 Å². The van der Waals surface area contributed by atoms with Gasteiger partial charge in [-0.15, -0.1) is 0 Å². The van der Waals surface area contributed by atoms with Gasteiger partial charge in [0.25, 0.3) is 0 Å². The second kappa shape index (κ2) is 12.0. The van der Waals surface area contributed by atoms with Crippen LogP contribution in [0.1, 0.15) is 55.7 Å². The van der Waals surface area contributed by atoms with Crippen molar-refractivity contribution in [2.75, 3.05) is 6.54 Å². The van der Waals surface area contributed by atoms with Crippen LogP contribution < -0.4 is 4.74 Å². The highest BCUT2D eigenvalue weighted by atomic mass is 35.5. The van der Waals surface area contributed by atoms with Crippen molar-refractivity contribution in [3.8, 4) is 5.75 Å². The Labute approximate surface area is 266 Å². The fourth-order valence-electron chi connectivity index (χ4n) is 7.71. The zero-order chi connectivity index (χ0) is 32.1. The highest BCUT2D eigenvalue weighted by molar-refractivity contribution is 7.92. The number of likely N-dealkylation sites (tertiary alicyclic amines) is 1. The monoisotopic (exact) mass is 657 g/mol. The number of aliphatic carboxylic acids is 1. The van der Waals surface area contributed by atoms with Crippen molar-refractivity contribution in [1.29, 1.82) is 0 Å². The van der Waals surface area contributed by atoms with Gasteiger partial charge in [-0.2, -0.15) is 0 Å². The molecule has 0 radical (unpaired) electrons. The lowest BCUT2D eigenvalue weighted by molar-refractivity contribution is -0.148. The molecular weight excluding hydrogens is 624 g/mol. The molecule has 1 heterocycles. The summed E-state index contributed by atoms with van der Waals surface area (Å²) in [5, 5.41) is 9.74. The molecule has 0 aromatic heterocycles. The summed E-state index contributed by atoms with van der Waals surface area (Å²) in [6.07, 6.45) is 2.23. The van der Waals surface area contributed by atoms with Crippen molar-refractivity contribution in [2.45, 2.75) is 67.7 Å². The number of fused-ring (bicyclic) bond motifs is 3. The van der Waals surface area contributed by atoms with Crippen molar-refractivity contribution >= 4 is 33.3 Å². The SMILES string of the molecule is C[C@@H]1C[C@@H](C(=O)O)CC[C@@H]1C(=O)N1CC[C@@]2(S(=O)(=O)c3ccc(F)cc3)c3ccc(OCc4c(F)cccc4Cl)cc3CC[C@@H]12. The van der Waals surface area contributed by atoms with Gasteiger partial charge in [-0.25, -0.2) is 17.2 Å². The minimum atomic E-state index is -4.15. The van der Waals surface area contributed by atoms with E-state index in [2.05, 4.69) is 0 Å². The largest absolute Gasteiger partial charge is 0.489 e. The first-order valence-electron chi connectivity index (χ1n) is 15.2. The molecule has 0 spiro atoms. The minimum absolute atomic E-state index is 0.0269. The summed E-state index contributed by atoms with van der Waals surface area (Å²) < 4.78 is 61.9. The van der Waals surface area contributed by atoms with Gasteiger partial charge in [-0.3, -0.25) is 9.59 Å². The average Bonchev–Trinajstić information content (AvgIpc) is 3.42. The van der Waals surface area contributed by atoms with Gasteiger partial charge in [0.05, 0.1) is 21.9 Å². The van der Waals surface area contributed by atoms with Gasteiger partial charge in [0.1, 0.15) is 28.7 Å². The summed E-state index contributed by atoms with van der Waals surface area (Å²) in [6.45, 7) is 2.00. The summed E-state index contributed by atoms with van der Waals surface area (Å²) in [7, 11) is -4.15. The van der Waals surface area contributed by atoms with Crippen LogP contribution in [0.25, 0.3) is 0 Å². The number of hydrogen-bond acceptors (Lipinski definition) is 5. The fraction of sp³-hybridized carbons (Fsp3) is 0.412. The van der Waals surface area contributed by atoms with Crippen LogP contribution in [0.5, 0.6) is 5.75 Å². The molecule has 2 fully saturated rings. The van der Waals surface area contributed by atoms with Crippen LogP contribution in [0.15, 0.2) is 65.6 Å². The average molecular weight is 658 g/mol. The summed E-state index contributed by atoms with van der Waals surface area (Å²) >= 11 is 6.17. The van der Waals surface area contributed by atoms with Crippen molar-refractivity contribution < 1.29 is 36.6 Å². The van der Waals surface area contributed by atoms with Crippen LogP contribution in [-0.2, 0) is 37.2 Å². The molecule has 1 saturated heterocycles. The number of rotatable bonds is 7. The van der Waals surface area contributed by atoms with E-state index >= 15 is 0 Å². The maximum atomic E-state index is 14.6. The summed E-state index contributed by atoms with van der Waals surface area (Å²) in [6, 6.07) is 13.6. The summed E-state index contributed by atoms with van der Waals surface area (Å²) in [5.74, 6) is -2.67. The molecule has 3 aromatic carbocycles. The third-order valence-corrected chi connectivity index (χ3v) is 12.9. The Morgan fingerprint density at radius 1 is 1.07 bits per heavy atom. The number of carbonyl (C=O) groups excluding carboxylic acids is 1. The van der Waals surface area contributed by atoms with E-state index in [9.17, 15) is 31.9 Å². The van der Waals surface area contributed by atoms with E-state index in [1.54, 1.807) is 29.2 Å². The molecule has 1 aliphatic heterocycles. The Kier molecular flexibility index (Phi) is 8.41. The van der Waals surface area contributed by atoms with Crippen molar-refractivity contribution in [2.24, 2.45) is 17.8 Å². The van der Waals surface area contributed by atoms with E-state index in [-0.39, 0.29) is 46.9 Å². The molecule has 238 valence electrons. The zero-order valence-electron chi connectivity index (χ0n) is 24.7. The number of ether oxygens (including phenoxy) is 1. The quantitative estimate of drug-likeness (QED) is 0.289. The van der Waals surface area contributed by atoms with E-state index in [0.717, 1.165) is 17.7 Å². The number of sulfone groups is 1. The third kappa shape index (κ3) is 5.39. The van der Waals surface area contributed by atoms with Crippen LogP contribution in [-0.4, -0.2) is 42.9 Å². The standard InChI is InChI=1S/C34H34ClF2NO6S/c1-20-17-22(33(40)41)5-12-26(20)32(39)38-16-15-34(45(42,43)25-10-7-23(36)8-11-25)28-13-9-24(18-21(28)6-14-31(34)38)44-19-27-29(35)3-2-4-30(27)37/h2-4,7-11,13,18,20,22,26,31H,5-6,12,14-17,19H2,1H3,(H,40,41)/t20-,22+,26+,31-,34-/m1/s1. The summed E-state index contributed by atoms with van der Waals surface area (Å²) in [5.41, 5.74) is 1.53. The minimum Gasteiger partial charge on any atom is -0.489 e. The Balaban J connectivity index is 1.36. The van der Waals surface area contributed by atoms with Crippen molar-refractivity contribution in [1.82, 2.24) is 4.90 Å². The maximum Gasteiger partial charge on any atom is 0.306 e. The molecule has 0 bridgehead atoms. The molecule has 11 heteroatoms.